The maximum absolute atomic E-state index is 14.6. The van der Waals surface area contributed by atoms with Gasteiger partial charge in [-0.2, -0.15) is 29.1 Å². The van der Waals surface area contributed by atoms with Gasteiger partial charge in [0, 0.05) is 28.7 Å². The molecular weight excluding hydrogens is 431 g/mol. The molecule has 0 radical (unpaired) electrons. The normalized spacial score (nSPS) is 20.3. The lowest BCUT2D eigenvalue weighted by atomic mass is 10.1. The maximum Gasteiger partial charge on any atom is 0.416 e. The Balaban J connectivity index is 2.12. The summed E-state index contributed by atoms with van der Waals surface area (Å²) in [5, 5.41) is 9.86. The third-order valence-corrected chi connectivity index (χ3v) is 7.60. The number of aromatic nitrogens is 2. The third-order valence-electron chi connectivity index (χ3n) is 4.96. The summed E-state index contributed by atoms with van der Waals surface area (Å²) in [6.45, 7) is -0.0425. The first kappa shape index (κ1) is 20.6. The molecule has 0 fully saturated rings. The Hall–Kier alpha value is -2.66. The first-order valence-corrected chi connectivity index (χ1v) is 10.2. The first-order valence-electron chi connectivity index (χ1n) is 8.70. The molecule has 5 nitrogen and oxygen atoms in total. The summed E-state index contributed by atoms with van der Waals surface area (Å²) in [5.41, 5.74) is -1.90. The molecule has 1 aliphatic heterocycles. The van der Waals surface area contributed by atoms with E-state index in [0.29, 0.717) is 12.1 Å². The van der Waals surface area contributed by atoms with Crippen LogP contribution < -0.4 is 5.69 Å². The Kier molecular flexibility index (Phi) is 4.97. The van der Waals surface area contributed by atoms with Crippen LogP contribution in [0.2, 0.25) is 0 Å². The van der Waals surface area contributed by atoms with Gasteiger partial charge >= 0.3 is 11.9 Å². The molecule has 0 bridgehead atoms. The fraction of sp³-hybridized carbons (Fsp3) is 0.263. The summed E-state index contributed by atoms with van der Waals surface area (Å²) in [7, 11) is -0.463. The topological polar surface area (TPSA) is 64.4 Å². The standard InChI is InChI=1S/C19H15F5N2O3S/c1-29-11-7-26-16-12(17(27)25-18(26)28)4-9(19(22,23)24)5-15(16)30(8-11)14-3-2-10(20)6-13(14)21/h2-6,11,30H,7-8H2,1H3,(H,25,27,28)/t11-/m0/s1. The maximum atomic E-state index is 14.6. The zero-order chi connectivity index (χ0) is 21.8. The highest BCUT2D eigenvalue weighted by Crippen LogP contribution is 2.52. The van der Waals surface area contributed by atoms with E-state index < -0.39 is 51.9 Å². The number of nitrogens with zero attached hydrogens (tertiary/aromatic N) is 2. The third kappa shape index (κ3) is 3.41. The van der Waals surface area contributed by atoms with E-state index in [0.717, 1.165) is 16.7 Å². The number of thiol groups is 1. The molecule has 1 aliphatic rings. The lowest BCUT2D eigenvalue weighted by Crippen LogP contribution is -2.30. The lowest BCUT2D eigenvalue weighted by Gasteiger charge is -2.25. The van der Waals surface area contributed by atoms with Crippen LogP contribution in [0.15, 0.2) is 44.9 Å². The van der Waals surface area contributed by atoms with Crippen LogP contribution in [-0.4, -0.2) is 33.6 Å². The predicted octanol–water partition coefficient (Wildman–Crippen LogP) is 3.85. The summed E-state index contributed by atoms with van der Waals surface area (Å²) in [6.07, 6.45) is -5.40. The van der Waals surface area contributed by atoms with Gasteiger partial charge in [-0.15, -0.1) is 0 Å². The van der Waals surface area contributed by atoms with Crippen LogP contribution in [0.3, 0.4) is 0 Å². The van der Waals surface area contributed by atoms with Crippen molar-refractivity contribution in [3.05, 3.63) is 58.0 Å². The van der Waals surface area contributed by atoms with E-state index in [-0.39, 0.29) is 33.0 Å². The minimum atomic E-state index is -4.76. The molecule has 1 aromatic heterocycles. The number of rotatable bonds is 2. The number of hydrogen-bond acceptors (Lipinski definition) is 4. The van der Waals surface area contributed by atoms with Gasteiger partial charge in [0.25, 0.3) is 0 Å². The summed E-state index contributed by atoms with van der Waals surface area (Å²) in [5.74, 6) is -2.48. The summed E-state index contributed by atoms with van der Waals surface area (Å²) in [4.78, 5) is 15.9. The zero-order valence-electron chi connectivity index (χ0n) is 15.4. The van der Waals surface area contributed by atoms with E-state index >= 15 is 0 Å². The van der Waals surface area contributed by atoms with Gasteiger partial charge in [0.2, 0.25) is 5.88 Å². The van der Waals surface area contributed by atoms with Crippen molar-refractivity contribution in [3.8, 4) is 5.88 Å². The van der Waals surface area contributed by atoms with E-state index in [4.69, 9.17) is 4.74 Å². The molecular formula is C19H15F5N2O3S. The highest BCUT2D eigenvalue weighted by molar-refractivity contribution is 8.17. The number of halogens is 5. The van der Waals surface area contributed by atoms with E-state index in [9.17, 15) is 31.9 Å². The molecule has 2 aromatic carbocycles. The number of alkyl halides is 3. The summed E-state index contributed by atoms with van der Waals surface area (Å²) in [6, 6.07) is 4.43. The fourth-order valence-electron chi connectivity index (χ4n) is 3.56. The van der Waals surface area contributed by atoms with E-state index in [1.54, 1.807) is 0 Å². The molecule has 2 atom stereocenters. The van der Waals surface area contributed by atoms with E-state index in [2.05, 4.69) is 4.98 Å². The Bertz CT molecular complexity index is 1210. The first-order chi connectivity index (χ1) is 14.1. The van der Waals surface area contributed by atoms with Crippen LogP contribution >= 0.6 is 10.9 Å². The molecule has 2 heterocycles. The number of benzene rings is 2. The molecule has 0 spiro atoms. The average Bonchev–Trinajstić information content (AvgIpc) is 2.83. The fourth-order valence-corrected chi connectivity index (χ4v) is 6.25. The second-order valence-electron chi connectivity index (χ2n) is 6.78. The molecule has 1 N–H and O–H groups in total. The van der Waals surface area contributed by atoms with Crippen molar-refractivity contribution in [1.29, 1.82) is 0 Å². The Morgan fingerprint density at radius 1 is 1.20 bits per heavy atom. The van der Waals surface area contributed by atoms with Gasteiger partial charge in [-0.05, 0) is 24.3 Å². The largest absolute Gasteiger partial charge is 0.493 e. The van der Waals surface area contributed by atoms with Gasteiger partial charge in [0.1, 0.15) is 11.6 Å². The molecule has 0 saturated heterocycles. The molecule has 1 unspecified atom stereocenters. The van der Waals surface area contributed by atoms with Crippen LogP contribution in [-0.2, 0) is 17.5 Å². The van der Waals surface area contributed by atoms with Crippen molar-refractivity contribution >= 4 is 21.8 Å². The van der Waals surface area contributed by atoms with Crippen LogP contribution in [0, 0.1) is 11.6 Å². The molecule has 4 rings (SSSR count). The molecule has 0 amide bonds. The van der Waals surface area contributed by atoms with Crippen LogP contribution in [0.25, 0.3) is 10.9 Å². The van der Waals surface area contributed by atoms with Crippen LogP contribution in [0.4, 0.5) is 22.0 Å². The van der Waals surface area contributed by atoms with Crippen molar-refractivity contribution in [2.24, 2.45) is 0 Å². The molecule has 160 valence electrons. The molecule has 3 aromatic rings. The van der Waals surface area contributed by atoms with E-state index in [1.807, 2.05) is 0 Å². The Morgan fingerprint density at radius 3 is 2.57 bits per heavy atom. The van der Waals surface area contributed by atoms with Gasteiger partial charge < -0.3 is 9.84 Å². The van der Waals surface area contributed by atoms with Gasteiger partial charge in [-0.1, -0.05) is 0 Å². The van der Waals surface area contributed by atoms with E-state index in [1.165, 1.54) is 13.2 Å². The number of hydrogen-bond donors (Lipinski definition) is 2. The minimum absolute atomic E-state index is 0.0197. The SMILES string of the molecule is CO[C@H]1Cn2c(=O)nc(O)c3cc(C(F)(F)F)cc(c32)[SH](c2ccc(F)cc2F)C1. The smallest absolute Gasteiger partial charge is 0.416 e. The Labute approximate surface area is 169 Å². The van der Waals surface area contributed by atoms with Gasteiger partial charge in [0.05, 0.1) is 29.1 Å². The van der Waals surface area contributed by atoms with Gasteiger partial charge in [0.15, 0.2) is 0 Å². The molecule has 0 saturated carbocycles. The van der Waals surface area contributed by atoms with Gasteiger partial charge in [-0.25, -0.2) is 13.6 Å². The number of methoxy groups -OCH3 is 1. The Morgan fingerprint density at radius 2 is 1.93 bits per heavy atom. The minimum Gasteiger partial charge on any atom is -0.493 e. The monoisotopic (exact) mass is 446 g/mol. The average molecular weight is 446 g/mol. The van der Waals surface area contributed by atoms with Crippen molar-refractivity contribution in [2.45, 2.75) is 28.6 Å². The van der Waals surface area contributed by atoms with Crippen molar-refractivity contribution in [1.82, 2.24) is 9.55 Å². The molecule has 11 heteroatoms. The predicted molar refractivity (Wildman–Crippen MR) is 100 cm³/mol. The second-order valence-corrected chi connectivity index (χ2v) is 8.97. The summed E-state index contributed by atoms with van der Waals surface area (Å²) < 4.78 is 75.2. The molecule has 30 heavy (non-hydrogen) atoms. The second kappa shape index (κ2) is 7.24. The van der Waals surface area contributed by atoms with Gasteiger partial charge in [-0.3, -0.25) is 4.57 Å². The van der Waals surface area contributed by atoms with Crippen molar-refractivity contribution in [2.75, 3.05) is 12.9 Å². The number of ether oxygens (including phenoxy) is 1. The van der Waals surface area contributed by atoms with Crippen molar-refractivity contribution < 1.29 is 31.8 Å². The number of aromatic hydroxyl groups is 1. The lowest BCUT2D eigenvalue weighted by molar-refractivity contribution is -0.137. The highest BCUT2D eigenvalue weighted by atomic mass is 32.2. The highest BCUT2D eigenvalue weighted by Gasteiger charge is 2.35. The van der Waals surface area contributed by atoms with Crippen LogP contribution in [0.1, 0.15) is 5.56 Å². The zero-order valence-corrected chi connectivity index (χ0v) is 16.3. The van der Waals surface area contributed by atoms with Crippen LogP contribution in [0.5, 0.6) is 5.88 Å². The van der Waals surface area contributed by atoms with Crippen molar-refractivity contribution in [3.63, 3.8) is 0 Å². The molecule has 0 aliphatic carbocycles. The quantitative estimate of drug-likeness (QED) is 0.464. The summed E-state index contributed by atoms with van der Waals surface area (Å²) >= 11 is 0.